The van der Waals surface area contributed by atoms with Crippen molar-refractivity contribution in [2.75, 3.05) is 47.5 Å². The van der Waals surface area contributed by atoms with Gasteiger partial charge < -0.3 is 27.9 Å². The van der Waals surface area contributed by atoms with Gasteiger partial charge in [0.1, 0.15) is 19.8 Å². The maximum Gasteiger partial charge on any atom is 0.306 e. The average molecular weight is 702 g/mol. The fourth-order valence-corrected chi connectivity index (χ4v) is 5.63. The van der Waals surface area contributed by atoms with Gasteiger partial charge in [0.05, 0.1) is 27.7 Å². The van der Waals surface area contributed by atoms with Gasteiger partial charge in [-0.2, -0.15) is 0 Å². The second-order valence-corrected chi connectivity index (χ2v) is 15.4. The van der Waals surface area contributed by atoms with Crippen LogP contribution >= 0.6 is 7.82 Å². The smallest absolute Gasteiger partial charge is 0.306 e. The first-order valence-electron chi connectivity index (χ1n) is 19.0. The number of phosphoric acid groups is 1. The molecule has 1 unspecified atom stereocenters. The fourth-order valence-electron chi connectivity index (χ4n) is 4.90. The molecule has 0 aromatic carbocycles. The zero-order chi connectivity index (χ0) is 35.8. The van der Waals surface area contributed by atoms with Crippen LogP contribution in [-0.4, -0.2) is 70.0 Å². The number of quaternary nitrogens is 1. The van der Waals surface area contributed by atoms with Crippen molar-refractivity contribution in [3.05, 3.63) is 24.3 Å². The molecule has 0 radical (unpaired) electrons. The van der Waals surface area contributed by atoms with Crippen LogP contribution in [0.4, 0.5) is 0 Å². The van der Waals surface area contributed by atoms with E-state index in [4.69, 9.17) is 18.5 Å². The molecule has 0 aromatic rings. The van der Waals surface area contributed by atoms with Crippen molar-refractivity contribution >= 4 is 19.8 Å². The molecule has 0 heterocycles. The van der Waals surface area contributed by atoms with Crippen LogP contribution in [0, 0.1) is 0 Å². The van der Waals surface area contributed by atoms with Gasteiger partial charge in [0.15, 0.2) is 6.10 Å². The minimum atomic E-state index is -4.62. The highest BCUT2D eigenvalue weighted by molar-refractivity contribution is 7.45. The van der Waals surface area contributed by atoms with Crippen molar-refractivity contribution < 1.29 is 42.1 Å². The molecule has 0 aromatic heterocycles. The highest BCUT2D eigenvalue weighted by atomic mass is 31.2. The first-order valence-corrected chi connectivity index (χ1v) is 20.5. The van der Waals surface area contributed by atoms with Gasteiger partial charge in [-0.1, -0.05) is 128 Å². The normalized spacial score (nSPS) is 14.0. The third-order valence-corrected chi connectivity index (χ3v) is 8.94. The number of esters is 2. The summed E-state index contributed by atoms with van der Waals surface area (Å²) in [6.45, 7) is 4.14. The van der Waals surface area contributed by atoms with E-state index in [9.17, 15) is 19.0 Å². The molecule has 0 amide bonds. The average Bonchev–Trinajstić information content (AvgIpc) is 3.02. The largest absolute Gasteiger partial charge is 0.756 e. The van der Waals surface area contributed by atoms with Crippen molar-refractivity contribution in [3.8, 4) is 0 Å². The maximum atomic E-state index is 12.6. The van der Waals surface area contributed by atoms with E-state index in [0.717, 1.165) is 64.2 Å². The van der Waals surface area contributed by atoms with Crippen molar-refractivity contribution in [2.24, 2.45) is 0 Å². The van der Waals surface area contributed by atoms with Crippen LogP contribution in [0.3, 0.4) is 0 Å². The Bertz CT molecular complexity index is 886. The molecule has 282 valence electrons. The van der Waals surface area contributed by atoms with E-state index in [1.165, 1.54) is 57.8 Å². The number of rotatable bonds is 34. The van der Waals surface area contributed by atoms with E-state index in [2.05, 4.69) is 38.2 Å². The van der Waals surface area contributed by atoms with E-state index in [1.807, 2.05) is 21.1 Å². The van der Waals surface area contributed by atoms with E-state index in [0.29, 0.717) is 17.4 Å². The Labute approximate surface area is 294 Å². The van der Waals surface area contributed by atoms with E-state index in [1.54, 1.807) is 0 Å². The maximum absolute atomic E-state index is 12.6. The quantitative estimate of drug-likeness (QED) is 0.0215. The van der Waals surface area contributed by atoms with Crippen molar-refractivity contribution in [2.45, 2.75) is 161 Å². The van der Waals surface area contributed by atoms with Crippen LogP contribution in [0.25, 0.3) is 0 Å². The van der Waals surface area contributed by atoms with Gasteiger partial charge in [0, 0.05) is 12.8 Å². The zero-order valence-corrected chi connectivity index (χ0v) is 32.3. The number of hydrogen-bond acceptors (Lipinski definition) is 8. The highest BCUT2D eigenvalue weighted by Crippen LogP contribution is 2.38. The van der Waals surface area contributed by atoms with Crippen LogP contribution in [0.2, 0.25) is 0 Å². The minimum Gasteiger partial charge on any atom is -0.756 e. The first-order chi connectivity index (χ1) is 23.0. The van der Waals surface area contributed by atoms with Gasteiger partial charge in [-0.25, -0.2) is 0 Å². The van der Waals surface area contributed by atoms with Gasteiger partial charge in [-0.3, -0.25) is 14.2 Å². The molecule has 2 atom stereocenters. The summed E-state index contributed by atoms with van der Waals surface area (Å²) in [7, 11) is 1.16. The van der Waals surface area contributed by atoms with E-state index >= 15 is 0 Å². The number of allylic oxidation sites excluding steroid dienone is 4. The summed E-state index contributed by atoms with van der Waals surface area (Å²) in [6.07, 6.45) is 30.6. The number of phosphoric ester groups is 1. The number of carbonyl (C=O) groups excluding carboxylic acids is 2. The lowest BCUT2D eigenvalue weighted by Crippen LogP contribution is -2.37. The molecule has 0 aliphatic carbocycles. The fraction of sp³-hybridized carbons (Fsp3) is 0.842. The molecule has 0 N–H and O–H groups in total. The van der Waals surface area contributed by atoms with Crippen LogP contribution in [0.1, 0.15) is 155 Å². The SMILES string of the molecule is CCCC/C=C/C/C=C/CCCCCCCC(=O)O[C@H](COC(=O)CCCCCCCCCCCC)COP(=O)([O-])OCC[N+](C)(C)C. The topological polar surface area (TPSA) is 111 Å². The summed E-state index contributed by atoms with van der Waals surface area (Å²) in [5, 5.41) is 0. The number of hydrogen-bond donors (Lipinski definition) is 0. The van der Waals surface area contributed by atoms with Gasteiger partial charge in [0.25, 0.3) is 7.82 Å². The monoisotopic (exact) mass is 701 g/mol. The predicted molar refractivity (Wildman–Crippen MR) is 194 cm³/mol. The van der Waals surface area contributed by atoms with Gasteiger partial charge in [-0.15, -0.1) is 0 Å². The number of likely N-dealkylation sites (N-methyl/N-ethyl adjacent to an activating group) is 1. The predicted octanol–water partition coefficient (Wildman–Crippen LogP) is 9.38. The summed E-state index contributed by atoms with van der Waals surface area (Å²) in [4.78, 5) is 37.3. The Morgan fingerprint density at radius 3 is 1.71 bits per heavy atom. The van der Waals surface area contributed by atoms with Crippen LogP contribution in [-0.2, 0) is 32.7 Å². The van der Waals surface area contributed by atoms with Gasteiger partial charge >= 0.3 is 11.9 Å². The molecular weight excluding hydrogens is 629 g/mol. The van der Waals surface area contributed by atoms with Crippen LogP contribution < -0.4 is 4.89 Å². The number of ether oxygens (including phenoxy) is 2. The highest BCUT2D eigenvalue weighted by Gasteiger charge is 2.21. The zero-order valence-electron chi connectivity index (χ0n) is 31.4. The third kappa shape index (κ3) is 34.4. The van der Waals surface area contributed by atoms with E-state index in [-0.39, 0.29) is 26.1 Å². The van der Waals surface area contributed by atoms with Crippen LogP contribution in [0.15, 0.2) is 24.3 Å². The molecule has 0 spiro atoms. The van der Waals surface area contributed by atoms with Gasteiger partial charge in [0.2, 0.25) is 0 Å². The lowest BCUT2D eigenvalue weighted by molar-refractivity contribution is -0.870. The van der Waals surface area contributed by atoms with Crippen LogP contribution in [0.5, 0.6) is 0 Å². The number of carbonyl (C=O) groups is 2. The molecule has 0 rings (SSSR count). The summed E-state index contributed by atoms with van der Waals surface area (Å²) >= 11 is 0. The lowest BCUT2D eigenvalue weighted by Gasteiger charge is -2.28. The molecule has 0 bridgehead atoms. The Balaban J connectivity index is 4.47. The first kappa shape index (κ1) is 46.5. The molecular formula is C38H72NO8P. The third-order valence-electron chi connectivity index (χ3n) is 7.97. The number of unbranched alkanes of at least 4 members (excludes halogenated alkanes) is 16. The Morgan fingerprint density at radius 2 is 1.15 bits per heavy atom. The number of nitrogens with zero attached hydrogens (tertiary/aromatic N) is 1. The summed E-state index contributed by atoms with van der Waals surface area (Å²) < 4.78 is 33.7. The minimum absolute atomic E-state index is 0.0324. The standard InChI is InChI=1S/C38H72NO8P/c1-6-8-10-12-14-16-18-19-20-21-23-25-27-29-31-38(41)47-36(35-46-48(42,43)45-33-32-39(3,4)5)34-44-37(40)30-28-26-24-22-17-15-13-11-9-7-2/h12,14,18-19,36H,6-11,13,15-17,20-35H2,1-5H3/b14-12+,19-18+/t36-/m1/s1. The molecule has 0 aliphatic rings. The molecule has 0 saturated carbocycles. The summed E-state index contributed by atoms with van der Waals surface area (Å²) in [5.41, 5.74) is 0. The van der Waals surface area contributed by atoms with Gasteiger partial charge in [-0.05, 0) is 38.5 Å². The molecule has 0 saturated heterocycles. The second kappa shape index (κ2) is 31.5. The second-order valence-electron chi connectivity index (χ2n) is 13.9. The lowest BCUT2D eigenvalue weighted by atomic mass is 10.1. The van der Waals surface area contributed by atoms with Crippen molar-refractivity contribution in [1.29, 1.82) is 0 Å². The summed E-state index contributed by atoms with van der Waals surface area (Å²) in [5.74, 6) is -0.852. The Kier molecular flexibility index (Phi) is 30.5. The Morgan fingerprint density at radius 1 is 0.646 bits per heavy atom. The summed E-state index contributed by atoms with van der Waals surface area (Å²) in [6, 6.07) is 0. The van der Waals surface area contributed by atoms with Crippen molar-refractivity contribution in [1.82, 2.24) is 0 Å². The van der Waals surface area contributed by atoms with Crippen molar-refractivity contribution in [3.63, 3.8) is 0 Å². The molecule has 48 heavy (non-hydrogen) atoms. The molecule has 9 nitrogen and oxygen atoms in total. The van der Waals surface area contributed by atoms with E-state index < -0.39 is 32.5 Å². The molecule has 10 heteroatoms. The molecule has 0 aliphatic heterocycles. The molecule has 0 fully saturated rings. The Hall–Kier alpha value is -1.51.